The summed E-state index contributed by atoms with van der Waals surface area (Å²) in [5.41, 5.74) is 0.674. The minimum Gasteiger partial charge on any atom is -0.481 e. The smallest absolute Gasteiger partial charge is 0.265 e. The van der Waals surface area contributed by atoms with Gasteiger partial charge in [-0.2, -0.15) is 0 Å². The molecule has 0 spiro atoms. The normalized spacial score (nSPS) is 11.8. The third kappa shape index (κ3) is 4.06. The van der Waals surface area contributed by atoms with Gasteiger partial charge in [0.05, 0.1) is 0 Å². The fourth-order valence-electron chi connectivity index (χ4n) is 1.58. The van der Waals surface area contributed by atoms with Crippen LogP contribution in [-0.2, 0) is 4.79 Å². The summed E-state index contributed by atoms with van der Waals surface area (Å²) in [5.74, 6) is -0.372. The number of amides is 1. The van der Waals surface area contributed by atoms with Gasteiger partial charge in [0.1, 0.15) is 11.6 Å². The number of hydrogen-bond acceptors (Lipinski definition) is 2. The Balaban J connectivity index is 1.96. The minimum atomic E-state index is -0.722. The van der Waals surface area contributed by atoms with E-state index in [1.165, 1.54) is 18.2 Å². The SMILES string of the molecule is C[C@H](Oc1cccc(F)c1)C(=O)Nc1ccc(Br)cc1. The first-order valence-corrected chi connectivity index (χ1v) is 6.82. The van der Waals surface area contributed by atoms with E-state index < -0.39 is 11.9 Å². The standard InChI is InChI=1S/C15H13BrFNO2/c1-10(20-14-4-2-3-12(17)9-14)15(19)18-13-7-5-11(16)6-8-13/h2-10H,1H3,(H,18,19)/t10-/m0/s1. The van der Waals surface area contributed by atoms with Crippen LogP contribution in [0.5, 0.6) is 5.75 Å². The number of hydrogen-bond donors (Lipinski definition) is 1. The highest BCUT2D eigenvalue weighted by molar-refractivity contribution is 9.10. The summed E-state index contributed by atoms with van der Waals surface area (Å²) in [4.78, 5) is 11.9. The largest absolute Gasteiger partial charge is 0.481 e. The van der Waals surface area contributed by atoms with Gasteiger partial charge in [-0.25, -0.2) is 4.39 Å². The van der Waals surface area contributed by atoms with E-state index in [4.69, 9.17) is 4.74 Å². The second kappa shape index (κ2) is 6.52. The van der Waals surface area contributed by atoms with Gasteiger partial charge in [-0.05, 0) is 43.3 Å². The number of halogens is 2. The predicted molar refractivity (Wildman–Crippen MR) is 79.3 cm³/mol. The molecule has 1 amide bonds. The fourth-order valence-corrected chi connectivity index (χ4v) is 1.84. The number of rotatable bonds is 4. The van der Waals surface area contributed by atoms with Gasteiger partial charge in [0.25, 0.3) is 5.91 Å². The molecule has 5 heteroatoms. The molecule has 20 heavy (non-hydrogen) atoms. The molecule has 0 aliphatic heterocycles. The van der Waals surface area contributed by atoms with Gasteiger partial charge in [0, 0.05) is 16.2 Å². The van der Waals surface area contributed by atoms with Gasteiger partial charge in [-0.3, -0.25) is 4.79 Å². The Morgan fingerprint density at radius 2 is 1.95 bits per heavy atom. The van der Waals surface area contributed by atoms with E-state index >= 15 is 0 Å². The first-order valence-electron chi connectivity index (χ1n) is 6.03. The Kier molecular flexibility index (Phi) is 4.74. The topological polar surface area (TPSA) is 38.3 Å². The van der Waals surface area contributed by atoms with Crippen LogP contribution in [0.4, 0.5) is 10.1 Å². The highest BCUT2D eigenvalue weighted by atomic mass is 79.9. The van der Waals surface area contributed by atoms with E-state index in [0.29, 0.717) is 11.4 Å². The van der Waals surface area contributed by atoms with Gasteiger partial charge in [0.2, 0.25) is 0 Å². The summed E-state index contributed by atoms with van der Waals surface area (Å²) < 4.78 is 19.3. The number of ether oxygens (including phenoxy) is 1. The lowest BCUT2D eigenvalue weighted by Gasteiger charge is -2.14. The van der Waals surface area contributed by atoms with Crippen molar-refractivity contribution in [2.24, 2.45) is 0 Å². The second-order valence-electron chi connectivity index (χ2n) is 4.21. The van der Waals surface area contributed by atoms with Crippen LogP contribution in [0.15, 0.2) is 53.0 Å². The molecule has 0 radical (unpaired) electrons. The molecule has 104 valence electrons. The maximum Gasteiger partial charge on any atom is 0.265 e. The maximum atomic E-state index is 13.0. The zero-order valence-electron chi connectivity index (χ0n) is 10.8. The molecule has 0 saturated heterocycles. The minimum absolute atomic E-state index is 0.295. The van der Waals surface area contributed by atoms with Crippen LogP contribution in [0.1, 0.15) is 6.92 Å². The second-order valence-corrected chi connectivity index (χ2v) is 5.13. The van der Waals surface area contributed by atoms with Crippen molar-refractivity contribution in [3.8, 4) is 5.75 Å². The Morgan fingerprint density at radius 1 is 1.25 bits per heavy atom. The van der Waals surface area contributed by atoms with E-state index in [-0.39, 0.29) is 5.91 Å². The maximum absolute atomic E-state index is 13.0. The number of carbonyl (C=O) groups excluding carboxylic acids is 1. The highest BCUT2D eigenvalue weighted by Crippen LogP contribution is 2.16. The van der Waals surface area contributed by atoms with Crippen LogP contribution < -0.4 is 10.1 Å². The van der Waals surface area contributed by atoms with Crippen LogP contribution >= 0.6 is 15.9 Å². The molecule has 1 N–H and O–H groups in total. The lowest BCUT2D eigenvalue weighted by atomic mass is 10.3. The van der Waals surface area contributed by atoms with Crippen LogP contribution in [0, 0.1) is 5.82 Å². The molecule has 3 nitrogen and oxygen atoms in total. The Bertz CT molecular complexity index is 601. The summed E-state index contributed by atoms with van der Waals surface area (Å²) in [6, 6.07) is 12.9. The first kappa shape index (κ1) is 14.5. The molecule has 2 rings (SSSR count). The molecule has 0 saturated carbocycles. The highest BCUT2D eigenvalue weighted by Gasteiger charge is 2.15. The Morgan fingerprint density at radius 3 is 2.60 bits per heavy atom. The van der Waals surface area contributed by atoms with Gasteiger partial charge < -0.3 is 10.1 Å². The zero-order valence-corrected chi connectivity index (χ0v) is 12.4. The van der Waals surface area contributed by atoms with Gasteiger partial charge >= 0.3 is 0 Å². The Hall–Kier alpha value is -1.88. The molecule has 2 aromatic carbocycles. The van der Waals surface area contributed by atoms with Crippen molar-refractivity contribution in [2.75, 3.05) is 5.32 Å². The molecule has 0 fully saturated rings. The third-order valence-corrected chi connectivity index (χ3v) is 3.12. The van der Waals surface area contributed by atoms with Crippen molar-refractivity contribution in [3.05, 3.63) is 58.8 Å². The lowest BCUT2D eigenvalue weighted by Crippen LogP contribution is -2.30. The summed E-state index contributed by atoms with van der Waals surface area (Å²) in [7, 11) is 0. The summed E-state index contributed by atoms with van der Waals surface area (Å²) in [5, 5.41) is 2.73. The van der Waals surface area contributed by atoms with Crippen molar-refractivity contribution < 1.29 is 13.9 Å². The molecule has 0 unspecified atom stereocenters. The molecule has 2 aromatic rings. The number of benzene rings is 2. The average molecular weight is 338 g/mol. The monoisotopic (exact) mass is 337 g/mol. The average Bonchev–Trinajstić information content (AvgIpc) is 2.41. The van der Waals surface area contributed by atoms with Crippen LogP contribution in [-0.4, -0.2) is 12.0 Å². The molecular formula is C15H13BrFNO2. The quantitative estimate of drug-likeness (QED) is 0.915. The van der Waals surface area contributed by atoms with Crippen molar-refractivity contribution >= 4 is 27.5 Å². The first-order chi connectivity index (χ1) is 9.54. The van der Waals surface area contributed by atoms with E-state index in [1.807, 2.05) is 12.1 Å². The molecule has 0 aliphatic rings. The summed E-state index contributed by atoms with van der Waals surface area (Å²) >= 11 is 3.32. The van der Waals surface area contributed by atoms with Crippen molar-refractivity contribution in [2.45, 2.75) is 13.0 Å². The number of anilines is 1. The summed E-state index contributed by atoms with van der Waals surface area (Å²) in [6.45, 7) is 1.61. The molecule has 0 aromatic heterocycles. The lowest BCUT2D eigenvalue weighted by molar-refractivity contribution is -0.122. The van der Waals surface area contributed by atoms with Crippen LogP contribution in [0.25, 0.3) is 0 Å². The van der Waals surface area contributed by atoms with Gasteiger partial charge in [-0.1, -0.05) is 22.0 Å². The fraction of sp³-hybridized carbons (Fsp3) is 0.133. The van der Waals surface area contributed by atoms with E-state index in [0.717, 1.165) is 4.47 Å². The van der Waals surface area contributed by atoms with E-state index in [2.05, 4.69) is 21.2 Å². The van der Waals surface area contributed by atoms with Crippen molar-refractivity contribution in [1.29, 1.82) is 0 Å². The van der Waals surface area contributed by atoms with E-state index in [1.54, 1.807) is 25.1 Å². The number of carbonyl (C=O) groups is 1. The summed E-state index contributed by atoms with van der Waals surface area (Å²) in [6.07, 6.45) is -0.722. The van der Waals surface area contributed by atoms with E-state index in [9.17, 15) is 9.18 Å². The van der Waals surface area contributed by atoms with Crippen LogP contribution in [0.2, 0.25) is 0 Å². The molecule has 0 aliphatic carbocycles. The van der Waals surface area contributed by atoms with Gasteiger partial charge in [0.15, 0.2) is 6.10 Å². The third-order valence-electron chi connectivity index (χ3n) is 2.59. The van der Waals surface area contributed by atoms with Gasteiger partial charge in [-0.15, -0.1) is 0 Å². The Labute approximate surface area is 124 Å². The molecule has 0 bridgehead atoms. The molecular weight excluding hydrogens is 325 g/mol. The van der Waals surface area contributed by atoms with Crippen molar-refractivity contribution in [1.82, 2.24) is 0 Å². The zero-order chi connectivity index (χ0) is 14.5. The predicted octanol–water partition coefficient (Wildman–Crippen LogP) is 3.99. The molecule has 1 atom stereocenters. The van der Waals surface area contributed by atoms with Crippen LogP contribution in [0.3, 0.4) is 0 Å². The number of nitrogens with one attached hydrogen (secondary N) is 1. The van der Waals surface area contributed by atoms with Crippen molar-refractivity contribution in [3.63, 3.8) is 0 Å². The molecule has 0 heterocycles.